The van der Waals surface area contributed by atoms with Crippen molar-refractivity contribution < 1.29 is 24.7 Å². The summed E-state index contributed by atoms with van der Waals surface area (Å²) in [4.78, 5) is 11.0. The summed E-state index contributed by atoms with van der Waals surface area (Å²) < 4.78 is 5.30. The molecule has 62 valence electrons. The molecule has 11 heavy (non-hydrogen) atoms. The Bertz CT molecular complexity index is 131. The number of ether oxygens (including phenoxy) is 1. The van der Waals surface area contributed by atoms with Gasteiger partial charge in [0.05, 0.1) is 0 Å². The van der Waals surface area contributed by atoms with Gasteiger partial charge in [-0.2, -0.15) is 0 Å². The first-order valence-electron chi connectivity index (χ1n) is 3.67. The van der Waals surface area contributed by atoms with Crippen molar-refractivity contribution in [2.75, 3.05) is 6.61 Å². The molecule has 0 N–H and O–H groups in total. The minimum absolute atomic E-state index is 0.186. The third kappa shape index (κ3) is 8.64. The van der Waals surface area contributed by atoms with E-state index in [-0.39, 0.29) is 18.0 Å². The van der Waals surface area contributed by atoms with Gasteiger partial charge < -0.3 is 0 Å². The molecule has 0 saturated heterocycles. The van der Waals surface area contributed by atoms with Crippen molar-refractivity contribution in [3.05, 3.63) is 0 Å². The number of hydrogen-bond acceptors (Lipinski definition) is 2. The van der Waals surface area contributed by atoms with E-state index in [1.165, 1.54) is 0 Å². The minimum atomic E-state index is -0.677. The quantitative estimate of drug-likeness (QED) is 0.735. The molecule has 0 unspecified atom stereocenters. The van der Waals surface area contributed by atoms with E-state index in [9.17, 15) is 4.79 Å². The van der Waals surface area contributed by atoms with Gasteiger partial charge in [0, 0.05) is 0 Å². The first-order chi connectivity index (χ1) is 4.95. The van der Waals surface area contributed by atoms with Crippen molar-refractivity contribution in [2.45, 2.75) is 31.4 Å². The van der Waals surface area contributed by atoms with E-state index in [0.29, 0.717) is 0 Å². The molecule has 0 fully saturated rings. The second-order valence-corrected chi connectivity index (χ2v) is 9.34. The number of halogens is 1. The average Bonchev–Trinajstić information content (AvgIpc) is 1.83. The molecule has 0 amide bonds. The number of hydrogen-bond donors (Lipinski definition) is 0. The van der Waals surface area contributed by atoms with Crippen LogP contribution in [0.3, 0.4) is 0 Å². The summed E-state index contributed by atoms with van der Waals surface area (Å²) in [6.07, 6.45) is 0. The van der Waals surface area contributed by atoms with Gasteiger partial charge in [0.2, 0.25) is 0 Å². The Hall–Kier alpha value is 0.733. The Balaban J connectivity index is 3.46. The van der Waals surface area contributed by atoms with Gasteiger partial charge in [0.15, 0.2) is 0 Å². The first kappa shape index (κ1) is 11.7. The molecular weight excluding hydrogens is 261 g/mol. The molecule has 0 aromatic heterocycles. The van der Waals surface area contributed by atoms with Gasteiger partial charge >= 0.3 is 82.1 Å². The van der Waals surface area contributed by atoms with Gasteiger partial charge in [-0.05, 0) is 0 Å². The number of carbonyl (C=O) groups excluding carboxylic acids is 1. The van der Waals surface area contributed by atoms with E-state index < -0.39 is 15.2 Å². The van der Waals surface area contributed by atoms with E-state index in [2.05, 4.69) is 13.6 Å². The van der Waals surface area contributed by atoms with Crippen molar-refractivity contribution in [3.8, 4) is 0 Å². The fraction of sp³-hybridized carbons (Fsp3) is 0.857. The van der Waals surface area contributed by atoms with Crippen LogP contribution < -0.4 is 0 Å². The SMILES string of the molecule is CC(C)(C)OCC(=O)[CH2][Zn][Br]. The molecule has 4 heteroatoms. The second kappa shape index (κ2) is 5.39. The van der Waals surface area contributed by atoms with Gasteiger partial charge in [-0.1, -0.05) is 0 Å². The van der Waals surface area contributed by atoms with Crippen LogP contribution in [-0.2, 0) is 24.7 Å². The monoisotopic (exact) mass is 272 g/mol. The molecule has 0 aromatic carbocycles. The van der Waals surface area contributed by atoms with Crippen LogP contribution in [0.4, 0.5) is 0 Å². The fourth-order valence-corrected chi connectivity index (χ4v) is 3.52. The van der Waals surface area contributed by atoms with Crippen molar-refractivity contribution >= 4 is 19.4 Å². The van der Waals surface area contributed by atoms with E-state index in [0.717, 1.165) is 5.02 Å². The molecule has 0 bridgehead atoms. The predicted molar refractivity (Wildman–Crippen MR) is 44.4 cm³/mol. The van der Waals surface area contributed by atoms with Crippen molar-refractivity contribution in [2.24, 2.45) is 0 Å². The van der Waals surface area contributed by atoms with E-state index in [1.807, 2.05) is 20.8 Å². The summed E-state index contributed by atoms with van der Waals surface area (Å²) in [5.74, 6) is 0.233. The standard InChI is InChI=1S/C7H13O2.BrH.Zn/c1-6(8)5-9-7(2,3)4;;/h1,5H2,2-4H3;1H;/q;;+1/p-1. The van der Waals surface area contributed by atoms with Crippen molar-refractivity contribution in [3.63, 3.8) is 0 Å². The van der Waals surface area contributed by atoms with Crippen LogP contribution in [0.1, 0.15) is 20.8 Å². The summed E-state index contributed by atoms with van der Waals surface area (Å²) >= 11 is 2.70. The van der Waals surface area contributed by atoms with Crippen LogP contribution in [-0.4, -0.2) is 18.0 Å². The van der Waals surface area contributed by atoms with Crippen LogP contribution in [0.5, 0.6) is 0 Å². The molecule has 0 radical (unpaired) electrons. The van der Waals surface area contributed by atoms with Crippen LogP contribution >= 0.6 is 13.6 Å². The Labute approximate surface area is 82.0 Å². The molecule has 0 heterocycles. The molecule has 2 nitrogen and oxygen atoms in total. The van der Waals surface area contributed by atoms with E-state index in [1.54, 1.807) is 0 Å². The molecule has 0 aliphatic rings. The van der Waals surface area contributed by atoms with E-state index >= 15 is 0 Å². The Kier molecular flexibility index (Phi) is 5.75. The Morgan fingerprint density at radius 2 is 2.09 bits per heavy atom. The second-order valence-electron chi connectivity index (χ2n) is 3.38. The predicted octanol–water partition coefficient (Wildman–Crippen LogP) is 2.18. The van der Waals surface area contributed by atoms with Crippen LogP contribution in [0, 0.1) is 0 Å². The van der Waals surface area contributed by atoms with Crippen molar-refractivity contribution in [1.82, 2.24) is 0 Å². The van der Waals surface area contributed by atoms with Crippen LogP contribution in [0.25, 0.3) is 0 Å². The average molecular weight is 274 g/mol. The molecule has 0 saturated carbocycles. The molecule has 0 spiro atoms. The Morgan fingerprint density at radius 1 is 1.55 bits per heavy atom. The molecule has 0 aliphatic heterocycles. The van der Waals surface area contributed by atoms with Crippen LogP contribution in [0.15, 0.2) is 0 Å². The van der Waals surface area contributed by atoms with Gasteiger partial charge in [-0.3, -0.25) is 0 Å². The first-order valence-corrected chi connectivity index (χ1v) is 12.7. The molecular formula is C7H13BrO2Zn. The van der Waals surface area contributed by atoms with Gasteiger partial charge in [0.1, 0.15) is 0 Å². The number of rotatable bonds is 4. The maximum atomic E-state index is 11.0. The summed E-state index contributed by atoms with van der Waals surface area (Å²) in [6.45, 7) is 6.14. The van der Waals surface area contributed by atoms with Crippen LogP contribution in [0.2, 0.25) is 5.02 Å². The summed E-state index contributed by atoms with van der Waals surface area (Å²) in [5.41, 5.74) is -0.186. The zero-order valence-electron chi connectivity index (χ0n) is 7.32. The normalized spacial score (nSPS) is 10.9. The van der Waals surface area contributed by atoms with Crippen molar-refractivity contribution in [1.29, 1.82) is 0 Å². The third-order valence-corrected chi connectivity index (χ3v) is 4.67. The third-order valence-electron chi connectivity index (χ3n) is 1.04. The summed E-state index contributed by atoms with van der Waals surface area (Å²) in [5, 5.41) is 0.739. The topological polar surface area (TPSA) is 26.3 Å². The number of Topliss-reactive ketones (excluding diaryl/α,β-unsaturated/α-hetero) is 1. The molecule has 0 aromatic rings. The zero-order chi connectivity index (χ0) is 8.91. The number of ketones is 1. The fourth-order valence-electron chi connectivity index (χ4n) is 0.475. The molecule has 0 aliphatic carbocycles. The van der Waals surface area contributed by atoms with Gasteiger partial charge in [-0.25, -0.2) is 0 Å². The number of carbonyl (C=O) groups is 1. The molecule has 0 rings (SSSR count). The van der Waals surface area contributed by atoms with E-state index in [4.69, 9.17) is 4.74 Å². The van der Waals surface area contributed by atoms with Gasteiger partial charge in [-0.15, -0.1) is 0 Å². The summed E-state index contributed by atoms with van der Waals surface area (Å²) in [6, 6.07) is 0. The van der Waals surface area contributed by atoms with Gasteiger partial charge in [0.25, 0.3) is 0 Å². The zero-order valence-corrected chi connectivity index (χ0v) is 11.9. The maximum absolute atomic E-state index is 11.0. The summed E-state index contributed by atoms with van der Waals surface area (Å²) in [7, 11) is 0. The Morgan fingerprint density at radius 3 is 2.45 bits per heavy atom. The molecule has 0 atom stereocenters.